The van der Waals surface area contributed by atoms with Gasteiger partial charge in [0.2, 0.25) is 0 Å². The lowest BCUT2D eigenvalue weighted by Gasteiger charge is -2.35. The molecule has 1 saturated heterocycles. The fourth-order valence-corrected chi connectivity index (χ4v) is 2.84. The number of nitrogens with zero attached hydrogens (tertiary/aromatic N) is 4. The Balaban J connectivity index is 1.58. The summed E-state index contributed by atoms with van der Waals surface area (Å²) in [6.07, 6.45) is 3.62. The first-order valence-corrected chi connectivity index (χ1v) is 7.66. The van der Waals surface area contributed by atoms with Crippen molar-refractivity contribution in [3.63, 3.8) is 0 Å². The highest BCUT2D eigenvalue weighted by Gasteiger charge is 2.19. The smallest absolute Gasteiger partial charge is 0.147 e. The molecule has 0 N–H and O–H groups in total. The zero-order chi connectivity index (χ0) is 14.7. The van der Waals surface area contributed by atoms with Gasteiger partial charge in [-0.05, 0) is 23.8 Å². The van der Waals surface area contributed by atoms with Crippen molar-refractivity contribution < 1.29 is 0 Å². The van der Waals surface area contributed by atoms with Crippen molar-refractivity contribution in [2.75, 3.05) is 31.1 Å². The quantitative estimate of drug-likeness (QED) is 0.813. The fourth-order valence-electron chi connectivity index (χ4n) is 2.49. The summed E-state index contributed by atoms with van der Waals surface area (Å²) in [7, 11) is 0. The molecule has 1 aliphatic heterocycles. The van der Waals surface area contributed by atoms with Crippen molar-refractivity contribution in [2.45, 2.75) is 6.54 Å². The summed E-state index contributed by atoms with van der Waals surface area (Å²) in [6.45, 7) is 4.72. The maximum atomic E-state index is 6.20. The summed E-state index contributed by atoms with van der Waals surface area (Å²) >= 11 is 12.0. The van der Waals surface area contributed by atoms with Crippen LogP contribution >= 0.6 is 23.2 Å². The van der Waals surface area contributed by atoms with Gasteiger partial charge in [0.1, 0.15) is 11.0 Å². The SMILES string of the molecule is Clc1ccc(CN2CCN(c3ncccc3Cl)CC2)cn1. The molecule has 0 aliphatic carbocycles. The van der Waals surface area contributed by atoms with E-state index in [1.54, 1.807) is 6.20 Å². The first kappa shape index (κ1) is 14.6. The zero-order valence-corrected chi connectivity index (χ0v) is 13.1. The Hall–Kier alpha value is -1.36. The monoisotopic (exact) mass is 322 g/mol. The lowest BCUT2D eigenvalue weighted by molar-refractivity contribution is 0.249. The minimum Gasteiger partial charge on any atom is -0.353 e. The first-order chi connectivity index (χ1) is 10.2. The molecule has 0 amide bonds. The minimum absolute atomic E-state index is 0.536. The topological polar surface area (TPSA) is 32.3 Å². The number of rotatable bonds is 3. The Morgan fingerprint density at radius 3 is 2.48 bits per heavy atom. The molecule has 6 heteroatoms. The molecule has 1 aliphatic rings. The van der Waals surface area contributed by atoms with Gasteiger partial charge < -0.3 is 4.90 Å². The molecule has 3 rings (SSSR count). The molecule has 0 atom stereocenters. The third-order valence-corrected chi connectivity index (χ3v) is 4.12. The van der Waals surface area contributed by atoms with Crippen LogP contribution < -0.4 is 4.90 Å². The number of aromatic nitrogens is 2. The Kier molecular flexibility index (Phi) is 4.58. The van der Waals surface area contributed by atoms with E-state index in [1.165, 1.54) is 5.56 Å². The third kappa shape index (κ3) is 3.64. The predicted molar refractivity (Wildman–Crippen MR) is 86.0 cm³/mol. The van der Waals surface area contributed by atoms with Crippen LogP contribution in [-0.2, 0) is 6.54 Å². The molecular formula is C15H16Cl2N4. The molecule has 1 fully saturated rings. The zero-order valence-electron chi connectivity index (χ0n) is 11.5. The molecular weight excluding hydrogens is 307 g/mol. The highest BCUT2D eigenvalue weighted by Crippen LogP contribution is 2.23. The Morgan fingerprint density at radius 2 is 1.81 bits per heavy atom. The van der Waals surface area contributed by atoms with Gasteiger partial charge in [0.25, 0.3) is 0 Å². The van der Waals surface area contributed by atoms with Crippen LogP contribution in [0.2, 0.25) is 10.2 Å². The van der Waals surface area contributed by atoms with E-state index in [0.717, 1.165) is 38.5 Å². The largest absolute Gasteiger partial charge is 0.353 e. The van der Waals surface area contributed by atoms with E-state index in [1.807, 2.05) is 30.5 Å². The standard InChI is InChI=1S/C15H16Cl2N4/c16-13-2-1-5-18-15(13)21-8-6-20(7-9-21)11-12-3-4-14(17)19-10-12/h1-5,10H,6-9,11H2. The van der Waals surface area contributed by atoms with Crippen molar-refractivity contribution in [1.29, 1.82) is 0 Å². The van der Waals surface area contributed by atoms with E-state index in [4.69, 9.17) is 23.2 Å². The van der Waals surface area contributed by atoms with E-state index in [9.17, 15) is 0 Å². The number of anilines is 1. The van der Waals surface area contributed by atoms with Gasteiger partial charge in [0, 0.05) is 45.1 Å². The van der Waals surface area contributed by atoms with Crippen LogP contribution in [0.15, 0.2) is 36.7 Å². The number of hydrogen-bond donors (Lipinski definition) is 0. The molecule has 0 bridgehead atoms. The predicted octanol–water partition coefficient (Wildman–Crippen LogP) is 3.11. The van der Waals surface area contributed by atoms with Gasteiger partial charge in [-0.1, -0.05) is 29.3 Å². The lowest BCUT2D eigenvalue weighted by Crippen LogP contribution is -2.46. The highest BCUT2D eigenvalue weighted by molar-refractivity contribution is 6.32. The lowest BCUT2D eigenvalue weighted by atomic mass is 10.2. The van der Waals surface area contributed by atoms with Gasteiger partial charge in [0.15, 0.2) is 0 Å². The third-order valence-electron chi connectivity index (χ3n) is 3.61. The molecule has 0 unspecified atom stereocenters. The van der Waals surface area contributed by atoms with Gasteiger partial charge >= 0.3 is 0 Å². The molecule has 2 aromatic heterocycles. The second-order valence-corrected chi connectivity index (χ2v) is 5.86. The Bertz CT molecular complexity index is 595. The molecule has 0 saturated carbocycles. The van der Waals surface area contributed by atoms with Crippen LogP contribution in [0.5, 0.6) is 0 Å². The summed E-state index contributed by atoms with van der Waals surface area (Å²) in [4.78, 5) is 13.1. The fraction of sp³-hybridized carbons (Fsp3) is 0.333. The van der Waals surface area contributed by atoms with Crippen molar-refractivity contribution >= 4 is 29.0 Å². The van der Waals surface area contributed by atoms with E-state index in [2.05, 4.69) is 19.8 Å². The van der Waals surface area contributed by atoms with Gasteiger partial charge in [-0.3, -0.25) is 4.90 Å². The normalized spacial score (nSPS) is 16.2. The van der Waals surface area contributed by atoms with Crippen molar-refractivity contribution in [2.24, 2.45) is 0 Å². The van der Waals surface area contributed by atoms with Crippen molar-refractivity contribution in [3.8, 4) is 0 Å². The maximum Gasteiger partial charge on any atom is 0.147 e. The van der Waals surface area contributed by atoms with E-state index in [-0.39, 0.29) is 0 Å². The van der Waals surface area contributed by atoms with Gasteiger partial charge in [-0.15, -0.1) is 0 Å². The first-order valence-electron chi connectivity index (χ1n) is 6.90. The molecule has 0 spiro atoms. The minimum atomic E-state index is 0.536. The molecule has 4 nitrogen and oxygen atoms in total. The number of piperazine rings is 1. The number of pyridine rings is 2. The summed E-state index contributed by atoms with van der Waals surface area (Å²) in [5.74, 6) is 0.881. The second-order valence-electron chi connectivity index (χ2n) is 5.06. The van der Waals surface area contributed by atoms with Gasteiger partial charge in [-0.25, -0.2) is 9.97 Å². The maximum absolute atomic E-state index is 6.20. The summed E-state index contributed by atoms with van der Waals surface area (Å²) < 4.78 is 0. The average Bonchev–Trinajstić information content (AvgIpc) is 2.51. The number of halogens is 2. The average molecular weight is 323 g/mol. The van der Waals surface area contributed by atoms with E-state index < -0.39 is 0 Å². The molecule has 110 valence electrons. The van der Waals surface area contributed by atoms with E-state index >= 15 is 0 Å². The van der Waals surface area contributed by atoms with Crippen molar-refractivity contribution in [3.05, 3.63) is 52.4 Å². The molecule has 3 heterocycles. The molecule has 0 radical (unpaired) electrons. The van der Waals surface area contributed by atoms with Gasteiger partial charge in [-0.2, -0.15) is 0 Å². The molecule has 2 aromatic rings. The molecule has 21 heavy (non-hydrogen) atoms. The van der Waals surface area contributed by atoms with E-state index in [0.29, 0.717) is 10.2 Å². The molecule has 0 aromatic carbocycles. The van der Waals surface area contributed by atoms with Crippen LogP contribution in [0.1, 0.15) is 5.56 Å². The Morgan fingerprint density at radius 1 is 1.00 bits per heavy atom. The Labute approximate surface area is 134 Å². The van der Waals surface area contributed by atoms with Crippen LogP contribution in [0.25, 0.3) is 0 Å². The van der Waals surface area contributed by atoms with Crippen LogP contribution in [0, 0.1) is 0 Å². The van der Waals surface area contributed by atoms with Crippen LogP contribution in [0.4, 0.5) is 5.82 Å². The van der Waals surface area contributed by atoms with Crippen LogP contribution in [-0.4, -0.2) is 41.0 Å². The second kappa shape index (κ2) is 6.60. The van der Waals surface area contributed by atoms with Crippen LogP contribution in [0.3, 0.4) is 0 Å². The summed E-state index contributed by atoms with van der Waals surface area (Å²) in [5.41, 5.74) is 1.18. The summed E-state index contributed by atoms with van der Waals surface area (Å²) in [6, 6.07) is 7.60. The number of hydrogen-bond acceptors (Lipinski definition) is 4. The van der Waals surface area contributed by atoms with Gasteiger partial charge in [0.05, 0.1) is 5.02 Å². The summed E-state index contributed by atoms with van der Waals surface area (Å²) in [5, 5.41) is 1.25. The van der Waals surface area contributed by atoms with Crippen molar-refractivity contribution in [1.82, 2.24) is 14.9 Å². The highest BCUT2D eigenvalue weighted by atomic mass is 35.5.